The summed E-state index contributed by atoms with van der Waals surface area (Å²) in [5.74, 6) is -13.7. The second-order valence-corrected chi connectivity index (χ2v) is 9.97. The number of halogens is 4. The molecule has 3 rings (SSSR count). The van der Waals surface area contributed by atoms with Gasteiger partial charge in [0.15, 0.2) is 23.2 Å². The number of aliphatic carboxylic acids is 1. The Hall–Kier alpha value is -3.71. The van der Waals surface area contributed by atoms with Crippen LogP contribution in [-0.4, -0.2) is 71.8 Å². The minimum Gasteiger partial charge on any atom is -0.481 e. The highest BCUT2D eigenvalue weighted by molar-refractivity contribution is 6.35. The van der Waals surface area contributed by atoms with Gasteiger partial charge in [0.1, 0.15) is 12.6 Å². The second-order valence-electron chi connectivity index (χ2n) is 9.97. The molecular weight excluding hydrogens is 542 g/mol. The maximum Gasteiger partial charge on any atom is 0.311 e. The number of rotatable bonds is 11. The first-order chi connectivity index (χ1) is 19.0. The monoisotopic (exact) mass is 573 g/mol. The van der Waals surface area contributed by atoms with Gasteiger partial charge in [-0.15, -0.1) is 0 Å². The summed E-state index contributed by atoms with van der Waals surface area (Å²) in [6.07, 6.45) is 4.78. The fourth-order valence-corrected chi connectivity index (χ4v) is 4.88. The number of nitrogens with zero attached hydrogens (tertiary/aromatic N) is 1. The summed E-state index contributed by atoms with van der Waals surface area (Å²) in [4.78, 5) is 62.5. The number of ketones is 1. The van der Waals surface area contributed by atoms with Crippen molar-refractivity contribution in [2.75, 3.05) is 26.2 Å². The predicted molar refractivity (Wildman–Crippen MR) is 130 cm³/mol. The van der Waals surface area contributed by atoms with Gasteiger partial charge in [0.05, 0.1) is 6.42 Å². The van der Waals surface area contributed by atoms with Gasteiger partial charge in [-0.05, 0) is 25.2 Å². The number of nitrogens with one attached hydrogen (secondary N) is 2. The van der Waals surface area contributed by atoms with Crippen molar-refractivity contribution in [1.29, 1.82) is 0 Å². The Morgan fingerprint density at radius 2 is 1.57 bits per heavy atom. The van der Waals surface area contributed by atoms with Crippen molar-refractivity contribution < 1.29 is 51.4 Å². The maximum atomic E-state index is 13.8. The van der Waals surface area contributed by atoms with Gasteiger partial charge in [0.2, 0.25) is 17.5 Å². The van der Waals surface area contributed by atoms with Crippen LogP contribution in [0.4, 0.5) is 17.6 Å². The number of carbonyl (C=O) groups is 5. The quantitative estimate of drug-likeness (QED) is 0.209. The van der Waals surface area contributed by atoms with Gasteiger partial charge in [0.25, 0.3) is 0 Å². The molecule has 3 amide bonds. The van der Waals surface area contributed by atoms with Crippen LogP contribution in [0.3, 0.4) is 0 Å². The van der Waals surface area contributed by atoms with Crippen LogP contribution in [0.2, 0.25) is 0 Å². The number of hydrogen-bond donors (Lipinski definition) is 3. The minimum atomic E-state index is -1.88. The smallest absolute Gasteiger partial charge is 0.311 e. The number of hydrogen-bond acceptors (Lipinski definition) is 6. The molecular formula is C26H31F4N3O7. The van der Waals surface area contributed by atoms with Crippen LogP contribution >= 0.6 is 0 Å². The zero-order valence-corrected chi connectivity index (χ0v) is 21.7. The number of Topliss-reactive ketones (excluding diaryl/α,β-unsaturated/α-hetero) is 1. The van der Waals surface area contributed by atoms with E-state index in [1.54, 1.807) is 0 Å². The molecule has 0 bridgehead atoms. The number of carbonyl (C=O) groups excluding carboxylic acids is 4. The molecule has 0 radical (unpaired) electrons. The van der Waals surface area contributed by atoms with Gasteiger partial charge >= 0.3 is 17.8 Å². The molecule has 14 heteroatoms. The number of carboxylic acid groups (broad SMARTS) is 1. The van der Waals surface area contributed by atoms with E-state index < -0.39 is 83.5 Å². The third kappa shape index (κ3) is 8.15. The van der Waals surface area contributed by atoms with Crippen LogP contribution < -0.4 is 15.4 Å². The molecule has 3 N–H and O–H groups in total. The van der Waals surface area contributed by atoms with Crippen molar-refractivity contribution in [3.8, 4) is 5.75 Å². The highest BCUT2D eigenvalue weighted by atomic mass is 19.2. The normalized spacial score (nSPS) is 16.9. The van der Waals surface area contributed by atoms with E-state index in [0.717, 1.165) is 19.3 Å². The average molecular weight is 574 g/mol. The first-order valence-electron chi connectivity index (χ1n) is 13.1. The molecule has 2 fully saturated rings. The number of benzene rings is 1. The fourth-order valence-electron chi connectivity index (χ4n) is 4.88. The van der Waals surface area contributed by atoms with Gasteiger partial charge in [0, 0.05) is 31.6 Å². The van der Waals surface area contributed by atoms with Crippen LogP contribution in [0.1, 0.15) is 51.4 Å². The Morgan fingerprint density at radius 1 is 0.975 bits per heavy atom. The van der Waals surface area contributed by atoms with Gasteiger partial charge in [-0.3, -0.25) is 24.0 Å². The van der Waals surface area contributed by atoms with Crippen LogP contribution in [-0.2, 0) is 24.0 Å². The molecule has 1 aromatic carbocycles. The largest absolute Gasteiger partial charge is 0.481 e. The molecule has 1 saturated carbocycles. The third-order valence-electron chi connectivity index (χ3n) is 7.17. The topological polar surface area (TPSA) is 142 Å². The van der Waals surface area contributed by atoms with Crippen molar-refractivity contribution in [2.24, 2.45) is 11.8 Å². The van der Waals surface area contributed by atoms with Gasteiger partial charge < -0.3 is 25.4 Å². The molecule has 1 saturated heterocycles. The lowest BCUT2D eigenvalue weighted by molar-refractivity contribution is -0.147. The standard InChI is InChI=1S/C26H31F4N3O7/c27-16-11-17(28)22(30)23(21(16)29)40-13-19(34)18(12-20(35)36)32-24(37)15-6-9-33(10-7-15)26(39)25(38)31-8-5-14-3-1-2-4-14/h11,14-15,18H,1-10,12-13H2,(H,31,38)(H,32,37)(H,35,36)/t18-/m0/s1. The molecule has 2 aliphatic rings. The van der Waals surface area contributed by atoms with E-state index >= 15 is 0 Å². The minimum absolute atomic E-state index is 0.0463. The van der Waals surface area contributed by atoms with Crippen LogP contribution in [0, 0.1) is 35.1 Å². The SMILES string of the molecule is O=C(O)C[C@H](NC(=O)C1CCN(C(=O)C(=O)NCCC2CCCC2)CC1)C(=O)COc1c(F)c(F)cc(F)c1F. The van der Waals surface area contributed by atoms with Crippen molar-refractivity contribution in [3.63, 3.8) is 0 Å². The molecule has 40 heavy (non-hydrogen) atoms. The predicted octanol–water partition coefficient (Wildman–Crippen LogP) is 2.09. The summed E-state index contributed by atoms with van der Waals surface area (Å²) in [6, 6.07) is -1.71. The van der Waals surface area contributed by atoms with Crippen molar-refractivity contribution >= 4 is 29.5 Å². The zero-order valence-electron chi connectivity index (χ0n) is 21.7. The van der Waals surface area contributed by atoms with Crippen LogP contribution in [0.15, 0.2) is 6.07 Å². The lowest BCUT2D eigenvalue weighted by atomic mass is 9.95. The average Bonchev–Trinajstić information content (AvgIpc) is 3.44. The lowest BCUT2D eigenvalue weighted by Gasteiger charge is -2.31. The molecule has 0 unspecified atom stereocenters. The van der Waals surface area contributed by atoms with Gasteiger partial charge in [-0.25, -0.2) is 8.78 Å². The van der Waals surface area contributed by atoms with Gasteiger partial charge in [-0.1, -0.05) is 25.7 Å². The Kier molecular flexibility index (Phi) is 10.8. The molecule has 1 aliphatic carbocycles. The molecule has 1 aromatic rings. The summed E-state index contributed by atoms with van der Waals surface area (Å²) in [6.45, 7) is -0.614. The molecule has 10 nitrogen and oxygen atoms in total. The first kappa shape index (κ1) is 30.8. The summed E-state index contributed by atoms with van der Waals surface area (Å²) >= 11 is 0. The number of carboxylic acids is 1. The second kappa shape index (κ2) is 14.1. The highest BCUT2D eigenvalue weighted by Crippen LogP contribution is 2.27. The van der Waals surface area contributed by atoms with E-state index in [9.17, 15) is 41.5 Å². The van der Waals surface area contributed by atoms with Crippen LogP contribution in [0.25, 0.3) is 0 Å². The Morgan fingerprint density at radius 3 is 2.15 bits per heavy atom. The Balaban J connectivity index is 1.49. The fraction of sp³-hybridized carbons (Fsp3) is 0.577. The number of amides is 3. The van der Waals surface area contributed by atoms with Crippen molar-refractivity contribution in [1.82, 2.24) is 15.5 Å². The molecule has 1 atom stereocenters. The zero-order chi connectivity index (χ0) is 29.4. The number of piperidine rings is 1. The highest BCUT2D eigenvalue weighted by Gasteiger charge is 2.33. The maximum absolute atomic E-state index is 13.8. The number of ether oxygens (including phenoxy) is 1. The Bertz CT molecular complexity index is 1110. The van der Waals surface area contributed by atoms with E-state index in [2.05, 4.69) is 15.4 Å². The van der Waals surface area contributed by atoms with E-state index in [4.69, 9.17) is 5.11 Å². The molecule has 1 aliphatic heterocycles. The van der Waals surface area contributed by atoms with Crippen molar-refractivity contribution in [2.45, 2.75) is 57.4 Å². The van der Waals surface area contributed by atoms with E-state index in [-0.39, 0.29) is 32.0 Å². The molecule has 220 valence electrons. The third-order valence-corrected chi connectivity index (χ3v) is 7.17. The lowest BCUT2D eigenvalue weighted by Crippen LogP contribution is -2.51. The van der Waals surface area contributed by atoms with E-state index in [1.165, 1.54) is 17.7 Å². The molecule has 0 spiro atoms. The number of likely N-dealkylation sites (tertiary alicyclic amines) is 1. The Labute approximate surface area is 227 Å². The van der Waals surface area contributed by atoms with Gasteiger partial charge in [-0.2, -0.15) is 8.78 Å². The van der Waals surface area contributed by atoms with E-state index in [0.29, 0.717) is 12.5 Å². The summed E-state index contributed by atoms with van der Waals surface area (Å²) in [7, 11) is 0. The van der Waals surface area contributed by atoms with E-state index in [1.807, 2.05) is 0 Å². The van der Waals surface area contributed by atoms with Crippen molar-refractivity contribution in [3.05, 3.63) is 29.3 Å². The van der Waals surface area contributed by atoms with Crippen LogP contribution in [0.5, 0.6) is 5.75 Å². The molecule has 0 aromatic heterocycles. The summed E-state index contributed by atoms with van der Waals surface area (Å²) in [5.41, 5.74) is 0. The molecule has 1 heterocycles. The summed E-state index contributed by atoms with van der Waals surface area (Å²) in [5, 5.41) is 14.0. The summed E-state index contributed by atoms with van der Waals surface area (Å²) < 4.78 is 58.9. The first-order valence-corrected chi connectivity index (χ1v) is 13.1.